The average molecular weight is 261 g/mol. The Balaban J connectivity index is 2.08. The van der Waals surface area contributed by atoms with Crippen molar-refractivity contribution < 1.29 is 9.36 Å². The fourth-order valence-corrected chi connectivity index (χ4v) is 1.85. The predicted octanol–water partition coefficient (Wildman–Crippen LogP) is 3.07. The Morgan fingerprint density at radius 2 is 1.72 bits per heavy atom. The molecule has 0 aliphatic carbocycles. The van der Waals surface area contributed by atoms with Gasteiger partial charge in [-0.2, -0.15) is 4.57 Å². The lowest BCUT2D eigenvalue weighted by molar-refractivity contribution is -0.683. The molecule has 2 nitrogen and oxygen atoms in total. The van der Waals surface area contributed by atoms with E-state index in [2.05, 4.69) is 6.92 Å². The van der Waals surface area contributed by atoms with Crippen LogP contribution >= 0.6 is 11.6 Å². The molecule has 0 aliphatic heterocycles. The molecule has 2 aromatic rings. The number of ketones is 1. The van der Waals surface area contributed by atoms with Gasteiger partial charge in [-0.15, -0.1) is 0 Å². The van der Waals surface area contributed by atoms with Crippen molar-refractivity contribution in [3.05, 3.63) is 64.9 Å². The largest absolute Gasteiger partial charge is 0.287 e. The van der Waals surface area contributed by atoms with Crippen molar-refractivity contribution >= 4 is 17.4 Å². The van der Waals surface area contributed by atoms with E-state index in [1.54, 1.807) is 24.3 Å². The molecular weight excluding hydrogens is 246 g/mol. The molecule has 0 fully saturated rings. The van der Waals surface area contributed by atoms with Gasteiger partial charge in [-0.25, -0.2) is 0 Å². The molecule has 0 amide bonds. The Kier molecular flexibility index (Phi) is 4.11. The van der Waals surface area contributed by atoms with Gasteiger partial charge in [0.1, 0.15) is 0 Å². The summed E-state index contributed by atoms with van der Waals surface area (Å²) in [5.41, 5.74) is 1.96. The first-order valence-corrected chi connectivity index (χ1v) is 6.33. The van der Waals surface area contributed by atoms with E-state index in [9.17, 15) is 4.79 Å². The molecule has 18 heavy (non-hydrogen) atoms. The third-order valence-corrected chi connectivity index (χ3v) is 3.11. The van der Waals surface area contributed by atoms with Gasteiger partial charge >= 0.3 is 0 Å². The Morgan fingerprint density at radius 1 is 1.11 bits per heavy atom. The zero-order valence-corrected chi connectivity index (χ0v) is 11.0. The summed E-state index contributed by atoms with van der Waals surface area (Å²) in [6.45, 7) is 2.46. The van der Waals surface area contributed by atoms with Gasteiger partial charge in [0.25, 0.3) is 0 Å². The van der Waals surface area contributed by atoms with Gasteiger partial charge in [-0.05, 0) is 36.2 Å². The highest BCUT2D eigenvalue weighted by Crippen LogP contribution is 2.10. The van der Waals surface area contributed by atoms with Gasteiger partial charge in [0.15, 0.2) is 12.4 Å². The number of halogens is 1. The van der Waals surface area contributed by atoms with E-state index in [1.807, 2.05) is 29.1 Å². The molecule has 0 spiro atoms. The molecule has 0 saturated carbocycles. The zero-order valence-electron chi connectivity index (χ0n) is 10.3. The van der Waals surface area contributed by atoms with Crippen molar-refractivity contribution in [2.24, 2.45) is 0 Å². The molecule has 2 rings (SSSR count). The molecule has 1 heterocycles. The first-order valence-electron chi connectivity index (χ1n) is 5.96. The molecule has 1 aromatic heterocycles. The summed E-state index contributed by atoms with van der Waals surface area (Å²) < 4.78 is 1.89. The van der Waals surface area contributed by atoms with Crippen LogP contribution in [0.5, 0.6) is 0 Å². The van der Waals surface area contributed by atoms with Gasteiger partial charge in [0, 0.05) is 22.7 Å². The maximum atomic E-state index is 12.0. The summed E-state index contributed by atoms with van der Waals surface area (Å²) in [5.74, 6) is 0.0842. The summed E-state index contributed by atoms with van der Waals surface area (Å²) in [5, 5.41) is 0.645. The van der Waals surface area contributed by atoms with Crippen molar-refractivity contribution in [2.75, 3.05) is 0 Å². The summed E-state index contributed by atoms with van der Waals surface area (Å²) >= 11 is 5.79. The Bertz CT molecular complexity index is 531. The van der Waals surface area contributed by atoms with Crippen LogP contribution in [-0.4, -0.2) is 5.78 Å². The molecule has 0 bridgehead atoms. The highest BCUT2D eigenvalue weighted by molar-refractivity contribution is 6.30. The lowest BCUT2D eigenvalue weighted by Gasteiger charge is -1.99. The minimum absolute atomic E-state index is 0.0842. The molecule has 0 radical (unpaired) electrons. The van der Waals surface area contributed by atoms with Gasteiger partial charge in [-0.1, -0.05) is 18.5 Å². The zero-order chi connectivity index (χ0) is 13.0. The van der Waals surface area contributed by atoms with Crippen LogP contribution < -0.4 is 4.57 Å². The number of pyridine rings is 1. The van der Waals surface area contributed by atoms with Crippen LogP contribution in [0.4, 0.5) is 0 Å². The van der Waals surface area contributed by atoms with E-state index in [-0.39, 0.29) is 5.78 Å². The van der Waals surface area contributed by atoms with E-state index >= 15 is 0 Å². The Hall–Kier alpha value is -1.67. The SMILES string of the molecule is CCc1cc[n+](CC(=O)c2ccc(Cl)cc2)cc1. The maximum absolute atomic E-state index is 12.0. The Morgan fingerprint density at radius 3 is 2.28 bits per heavy atom. The Labute approximate surface area is 112 Å². The molecule has 0 unspecified atom stereocenters. The monoisotopic (exact) mass is 260 g/mol. The van der Waals surface area contributed by atoms with Crippen LogP contribution in [0.1, 0.15) is 22.8 Å². The molecular formula is C15H15ClNO+. The average Bonchev–Trinajstić information content (AvgIpc) is 2.40. The van der Waals surface area contributed by atoms with Crippen LogP contribution in [0.15, 0.2) is 48.8 Å². The normalized spacial score (nSPS) is 10.3. The summed E-state index contributed by atoms with van der Waals surface area (Å²) in [6.07, 6.45) is 4.88. The van der Waals surface area contributed by atoms with Gasteiger partial charge in [-0.3, -0.25) is 4.79 Å². The van der Waals surface area contributed by atoms with Gasteiger partial charge in [0.2, 0.25) is 12.3 Å². The van der Waals surface area contributed by atoms with Crippen molar-refractivity contribution in [3.8, 4) is 0 Å². The fourth-order valence-electron chi connectivity index (χ4n) is 1.72. The highest BCUT2D eigenvalue weighted by Gasteiger charge is 2.11. The molecule has 1 aromatic carbocycles. The van der Waals surface area contributed by atoms with Crippen molar-refractivity contribution in [2.45, 2.75) is 19.9 Å². The third kappa shape index (κ3) is 3.17. The second kappa shape index (κ2) is 5.78. The quantitative estimate of drug-likeness (QED) is 0.611. The first kappa shape index (κ1) is 12.8. The standard InChI is InChI=1S/C15H15ClNO/c1-2-12-7-9-17(10-8-12)11-15(18)13-3-5-14(16)6-4-13/h3-10H,2,11H2,1H3/q+1. The van der Waals surface area contributed by atoms with Crippen molar-refractivity contribution in [3.63, 3.8) is 0 Å². The molecule has 92 valence electrons. The van der Waals surface area contributed by atoms with E-state index < -0.39 is 0 Å². The molecule has 0 aliphatic rings. The van der Waals surface area contributed by atoms with Crippen LogP contribution in [0, 0.1) is 0 Å². The lowest BCUT2D eigenvalue weighted by Crippen LogP contribution is -2.37. The van der Waals surface area contributed by atoms with Crippen LogP contribution in [0.2, 0.25) is 5.02 Å². The van der Waals surface area contributed by atoms with E-state index in [1.165, 1.54) is 5.56 Å². The third-order valence-electron chi connectivity index (χ3n) is 2.86. The number of aryl methyl sites for hydroxylation is 1. The van der Waals surface area contributed by atoms with Crippen LogP contribution in [0.3, 0.4) is 0 Å². The second-order valence-electron chi connectivity index (χ2n) is 4.16. The van der Waals surface area contributed by atoms with Crippen LogP contribution in [0.25, 0.3) is 0 Å². The van der Waals surface area contributed by atoms with E-state index in [4.69, 9.17) is 11.6 Å². The summed E-state index contributed by atoms with van der Waals surface area (Å²) in [4.78, 5) is 12.0. The molecule has 3 heteroatoms. The second-order valence-corrected chi connectivity index (χ2v) is 4.60. The number of aromatic nitrogens is 1. The van der Waals surface area contributed by atoms with Gasteiger partial charge < -0.3 is 0 Å². The minimum atomic E-state index is 0.0842. The highest BCUT2D eigenvalue weighted by atomic mass is 35.5. The topological polar surface area (TPSA) is 20.9 Å². The van der Waals surface area contributed by atoms with Crippen LogP contribution in [-0.2, 0) is 13.0 Å². The van der Waals surface area contributed by atoms with Crippen molar-refractivity contribution in [1.29, 1.82) is 0 Å². The van der Waals surface area contributed by atoms with E-state index in [0.29, 0.717) is 17.1 Å². The number of hydrogen-bond donors (Lipinski definition) is 0. The van der Waals surface area contributed by atoms with Gasteiger partial charge in [0.05, 0.1) is 0 Å². The predicted molar refractivity (Wildman–Crippen MR) is 71.8 cm³/mol. The molecule has 0 saturated heterocycles. The molecule has 0 atom stereocenters. The summed E-state index contributed by atoms with van der Waals surface area (Å²) in [7, 11) is 0. The van der Waals surface area contributed by atoms with Crippen molar-refractivity contribution in [1.82, 2.24) is 0 Å². The first-order chi connectivity index (χ1) is 8.69. The van der Waals surface area contributed by atoms with E-state index in [0.717, 1.165) is 6.42 Å². The number of carbonyl (C=O) groups excluding carboxylic acids is 1. The number of carbonyl (C=O) groups is 1. The smallest absolute Gasteiger partial charge is 0.227 e. The number of rotatable bonds is 4. The minimum Gasteiger partial charge on any atom is -0.287 e. The summed E-state index contributed by atoms with van der Waals surface area (Å²) in [6, 6.07) is 11.1. The number of Topliss-reactive ketones (excluding diaryl/α,β-unsaturated/α-hetero) is 1. The maximum Gasteiger partial charge on any atom is 0.227 e. The number of nitrogens with zero attached hydrogens (tertiary/aromatic N) is 1. The number of hydrogen-bond acceptors (Lipinski definition) is 1. The lowest BCUT2D eigenvalue weighted by atomic mass is 10.1. The fraction of sp³-hybridized carbons (Fsp3) is 0.200. The number of benzene rings is 1. The molecule has 0 N–H and O–H groups in total.